The highest BCUT2D eigenvalue weighted by Crippen LogP contribution is 2.18. The maximum atomic E-state index is 5.61. The van der Waals surface area contributed by atoms with Crippen LogP contribution >= 0.6 is 0 Å². The number of ether oxygens (including phenoxy) is 1. The van der Waals surface area contributed by atoms with E-state index in [0.717, 1.165) is 23.5 Å². The maximum absolute atomic E-state index is 5.61. The average molecular weight is 286 g/mol. The van der Waals surface area contributed by atoms with Crippen molar-refractivity contribution in [1.82, 2.24) is 20.3 Å². The summed E-state index contributed by atoms with van der Waals surface area (Å²) in [4.78, 5) is 12.8. The third-order valence-electron chi connectivity index (χ3n) is 2.96. The number of hydrogen-bond acceptors (Lipinski definition) is 5. The molecule has 0 saturated carbocycles. The van der Waals surface area contributed by atoms with Gasteiger partial charge in [0.1, 0.15) is 5.75 Å². The van der Waals surface area contributed by atoms with E-state index in [4.69, 9.17) is 4.74 Å². The number of nitrogens with one attached hydrogen (secondary N) is 1. The molecule has 5 nitrogen and oxygen atoms in total. The Kier molecular flexibility index (Phi) is 4.53. The molecule has 0 radical (unpaired) electrons. The summed E-state index contributed by atoms with van der Waals surface area (Å²) in [6.45, 7) is 11.0. The van der Waals surface area contributed by atoms with Crippen LogP contribution in [-0.2, 0) is 6.54 Å². The minimum absolute atomic E-state index is 0.0647. The van der Waals surface area contributed by atoms with Gasteiger partial charge in [0.25, 0.3) is 0 Å². The van der Waals surface area contributed by atoms with Crippen LogP contribution in [0.25, 0.3) is 0 Å². The number of aryl methyl sites for hydroxylation is 2. The molecule has 2 heterocycles. The first kappa shape index (κ1) is 15.4. The maximum Gasteiger partial charge on any atom is 0.322 e. The predicted octanol–water partition coefficient (Wildman–Crippen LogP) is 3.17. The van der Waals surface area contributed by atoms with Gasteiger partial charge in [-0.1, -0.05) is 0 Å². The molecule has 2 rings (SSSR count). The summed E-state index contributed by atoms with van der Waals surface area (Å²) in [5, 5.41) is 3.42. The van der Waals surface area contributed by atoms with Crippen LogP contribution in [0.1, 0.15) is 37.7 Å². The molecule has 112 valence electrons. The summed E-state index contributed by atoms with van der Waals surface area (Å²) in [6, 6.07) is 4.09. The van der Waals surface area contributed by atoms with Crippen molar-refractivity contribution in [3.63, 3.8) is 0 Å². The van der Waals surface area contributed by atoms with Crippen molar-refractivity contribution in [2.24, 2.45) is 0 Å². The Balaban J connectivity index is 2.06. The second-order valence-electron chi connectivity index (χ2n) is 6.10. The molecule has 21 heavy (non-hydrogen) atoms. The van der Waals surface area contributed by atoms with Crippen LogP contribution < -0.4 is 10.1 Å². The molecule has 0 amide bonds. The van der Waals surface area contributed by atoms with Crippen molar-refractivity contribution < 1.29 is 4.74 Å². The van der Waals surface area contributed by atoms with E-state index in [-0.39, 0.29) is 5.54 Å². The Hall–Kier alpha value is -2.01. The summed E-state index contributed by atoms with van der Waals surface area (Å²) in [6.07, 6.45) is 3.47. The lowest BCUT2D eigenvalue weighted by Crippen LogP contribution is -2.35. The minimum atomic E-state index is 0.0647. The van der Waals surface area contributed by atoms with Gasteiger partial charge in [-0.05, 0) is 46.8 Å². The predicted molar refractivity (Wildman–Crippen MR) is 82.4 cm³/mol. The summed E-state index contributed by atoms with van der Waals surface area (Å²) in [5.74, 6) is 0.639. The molecular formula is C16H22N4O. The Morgan fingerprint density at radius 3 is 2.43 bits per heavy atom. The number of aromatic nitrogens is 3. The molecule has 0 aromatic carbocycles. The molecule has 1 N–H and O–H groups in total. The van der Waals surface area contributed by atoms with E-state index in [2.05, 4.69) is 41.0 Å². The lowest BCUT2D eigenvalue weighted by atomic mass is 10.1. The largest absolute Gasteiger partial charge is 0.423 e. The van der Waals surface area contributed by atoms with Gasteiger partial charge in [0, 0.05) is 35.2 Å². The number of pyridine rings is 1. The van der Waals surface area contributed by atoms with Crippen LogP contribution in [-0.4, -0.2) is 20.5 Å². The minimum Gasteiger partial charge on any atom is -0.423 e. The smallest absolute Gasteiger partial charge is 0.322 e. The van der Waals surface area contributed by atoms with Crippen molar-refractivity contribution in [3.8, 4) is 11.8 Å². The Morgan fingerprint density at radius 1 is 1.10 bits per heavy atom. The van der Waals surface area contributed by atoms with Crippen molar-refractivity contribution in [3.05, 3.63) is 41.5 Å². The van der Waals surface area contributed by atoms with Crippen molar-refractivity contribution in [2.75, 3.05) is 0 Å². The Labute approximate surface area is 125 Å². The van der Waals surface area contributed by atoms with E-state index in [1.807, 2.05) is 26.0 Å². The first-order valence-electron chi connectivity index (χ1n) is 7.01. The zero-order valence-electron chi connectivity index (χ0n) is 13.3. The highest BCUT2D eigenvalue weighted by atomic mass is 16.5. The average Bonchev–Trinajstić information content (AvgIpc) is 2.39. The third kappa shape index (κ3) is 4.79. The van der Waals surface area contributed by atoms with Gasteiger partial charge in [-0.2, -0.15) is 4.98 Å². The van der Waals surface area contributed by atoms with Crippen LogP contribution in [0.2, 0.25) is 0 Å². The van der Waals surface area contributed by atoms with Gasteiger partial charge in [0.2, 0.25) is 0 Å². The SMILES string of the molecule is Cc1ccc(Oc2ncc(CNC(C)(C)C)c(C)n2)cn1. The van der Waals surface area contributed by atoms with E-state index in [1.54, 1.807) is 12.4 Å². The molecule has 0 atom stereocenters. The second-order valence-corrected chi connectivity index (χ2v) is 6.10. The first-order valence-corrected chi connectivity index (χ1v) is 7.01. The third-order valence-corrected chi connectivity index (χ3v) is 2.96. The molecule has 0 bridgehead atoms. The van der Waals surface area contributed by atoms with E-state index < -0.39 is 0 Å². The van der Waals surface area contributed by atoms with Gasteiger partial charge in [-0.3, -0.25) is 4.98 Å². The monoisotopic (exact) mass is 286 g/mol. The Bertz CT molecular complexity index is 603. The van der Waals surface area contributed by atoms with Crippen molar-refractivity contribution >= 4 is 0 Å². The lowest BCUT2D eigenvalue weighted by Gasteiger charge is -2.20. The van der Waals surface area contributed by atoms with Crippen LogP contribution in [0.4, 0.5) is 0 Å². The van der Waals surface area contributed by atoms with Crippen molar-refractivity contribution in [2.45, 2.75) is 46.7 Å². The van der Waals surface area contributed by atoms with Crippen LogP contribution in [0.5, 0.6) is 11.8 Å². The molecule has 0 spiro atoms. The fraction of sp³-hybridized carbons (Fsp3) is 0.438. The Morgan fingerprint density at radius 2 is 1.86 bits per heavy atom. The van der Waals surface area contributed by atoms with Gasteiger partial charge < -0.3 is 10.1 Å². The quantitative estimate of drug-likeness (QED) is 0.935. The zero-order valence-corrected chi connectivity index (χ0v) is 13.3. The fourth-order valence-corrected chi connectivity index (χ4v) is 1.67. The summed E-state index contributed by atoms with van der Waals surface area (Å²) in [7, 11) is 0. The number of rotatable bonds is 4. The van der Waals surface area contributed by atoms with Crippen LogP contribution in [0.15, 0.2) is 24.5 Å². The molecule has 0 aliphatic heterocycles. The van der Waals surface area contributed by atoms with Crippen LogP contribution in [0.3, 0.4) is 0 Å². The van der Waals surface area contributed by atoms with Crippen LogP contribution in [0, 0.1) is 13.8 Å². The molecule has 0 unspecified atom stereocenters. The fourth-order valence-electron chi connectivity index (χ4n) is 1.67. The van der Waals surface area contributed by atoms with E-state index >= 15 is 0 Å². The normalized spacial score (nSPS) is 11.5. The molecule has 0 saturated heterocycles. The summed E-state index contributed by atoms with van der Waals surface area (Å²) < 4.78 is 5.61. The molecule has 2 aromatic rings. The molecular weight excluding hydrogens is 264 g/mol. The van der Waals surface area contributed by atoms with E-state index in [1.165, 1.54) is 0 Å². The van der Waals surface area contributed by atoms with Crippen molar-refractivity contribution in [1.29, 1.82) is 0 Å². The number of nitrogens with zero attached hydrogens (tertiary/aromatic N) is 3. The second kappa shape index (κ2) is 6.18. The van der Waals surface area contributed by atoms with Gasteiger partial charge in [-0.25, -0.2) is 4.98 Å². The topological polar surface area (TPSA) is 59.9 Å². The molecule has 0 aliphatic rings. The lowest BCUT2D eigenvalue weighted by molar-refractivity contribution is 0.418. The van der Waals surface area contributed by atoms with Gasteiger partial charge in [0.15, 0.2) is 0 Å². The standard InChI is InChI=1S/C16H22N4O/c1-11-6-7-14(10-17-11)21-15-18-8-13(12(2)20-15)9-19-16(3,4)5/h6-8,10,19H,9H2,1-5H3. The van der Waals surface area contributed by atoms with E-state index in [9.17, 15) is 0 Å². The molecule has 0 aliphatic carbocycles. The van der Waals surface area contributed by atoms with Gasteiger partial charge >= 0.3 is 6.01 Å². The highest BCUT2D eigenvalue weighted by molar-refractivity contribution is 5.24. The molecule has 0 fully saturated rings. The highest BCUT2D eigenvalue weighted by Gasteiger charge is 2.11. The van der Waals surface area contributed by atoms with E-state index in [0.29, 0.717) is 11.8 Å². The molecule has 5 heteroatoms. The van der Waals surface area contributed by atoms with Gasteiger partial charge in [0.05, 0.1) is 6.20 Å². The first-order chi connectivity index (χ1) is 9.83. The van der Waals surface area contributed by atoms with Gasteiger partial charge in [-0.15, -0.1) is 0 Å². The summed E-state index contributed by atoms with van der Waals surface area (Å²) in [5.41, 5.74) is 2.99. The molecule has 2 aromatic heterocycles. The summed E-state index contributed by atoms with van der Waals surface area (Å²) >= 11 is 0. The zero-order chi connectivity index (χ0) is 15.5. The number of hydrogen-bond donors (Lipinski definition) is 1.